The van der Waals surface area contributed by atoms with E-state index in [2.05, 4.69) is 6.58 Å². The number of aliphatic hydroxyl groups excluding tert-OH is 2. The van der Waals surface area contributed by atoms with Gasteiger partial charge in [-0.2, -0.15) is 0 Å². The van der Waals surface area contributed by atoms with Crippen molar-refractivity contribution in [1.29, 1.82) is 0 Å². The third-order valence-corrected chi connectivity index (χ3v) is 4.78. The summed E-state index contributed by atoms with van der Waals surface area (Å²) in [5.41, 5.74) is 3.09. The first-order chi connectivity index (χ1) is 13.4. The number of fused-ring (bicyclic) bond motifs is 2. The Hall–Kier alpha value is -1.95. The van der Waals surface area contributed by atoms with Crippen LogP contribution < -0.4 is 0 Å². The van der Waals surface area contributed by atoms with E-state index >= 15 is 0 Å². The fraction of sp³-hybridized carbons (Fsp3) is 0.522. The monoisotopic (exact) mass is 388 g/mol. The topological polar surface area (TPSA) is 76.0 Å². The summed E-state index contributed by atoms with van der Waals surface area (Å²) in [6, 6.07) is 0. The van der Waals surface area contributed by atoms with Crippen LogP contribution in [0.15, 0.2) is 59.8 Å². The standard InChI is InChI=1S/C23H32O5/c1-16-6-4-9-23(26)28-22(15-24)14-18(3)13-21-12-17(2)11-20(27-21)8-5-7-19(25)10-16/h4-7,9,13,19-22,24-25H,2,8,10-12,14-15H2,1,3H3/b7-5+,9-4+,16-6-,18-13+/t19?,20-,21-,22-/m0/s1. The Balaban J connectivity index is 2.20. The maximum Gasteiger partial charge on any atom is 0.331 e. The second-order valence-corrected chi connectivity index (χ2v) is 7.72. The molecule has 4 atom stereocenters. The average Bonchev–Trinajstić information content (AvgIpc) is 2.59. The van der Waals surface area contributed by atoms with Crippen molar-refractivity contribution in [3.8, 4) is 0 Å². The van der Waals surface area contributed by atoms with Crippen LogP contribution in [0.2, 0.25) is 0 Å². The van der Waals surface area contributed by atoms with Gasteiger partial charge in [-0.15, -0.1) is 0 Å². The number of rotatable bonds is 1. The van der Waals surface area contributed by atoms with Gasteiger partial charge in [-0.05, 0) is 39.5 Å². The normalized spacial score (nSPS) is 36.7. The fourth-order valence-electron chi connectivity index (χ4n) is 3.51. The van der Waals surface area contributed by atoms with Crippen LogP contribution in [0.4, 0.5) is 0 Å². The maximum atomic E-state index is 12.0. The van der Waals surface area contributed by atoms with Crippen LogP contribution in [0.5, 0.6) is 0 Å². The number of aliphatic hydroxyl groups is 2. The molecular formula is C23H32O5. The van der Waals surface area contributed by atoms with Crippen molar-refractivity contribution in [2.75, 3.05) is 6.61 Å². The molecule has 2 N–H and O–H groups in total. The molecule has 2 heterocycles. The lowest BCUT2D eigenvalue weighted by Gasteiger charge is -2.30. The second kappa shape index (κ2) is 11.1. The molecular weight excluding hydrogens is 356 g/mol. The summed E-state index contributed by atoms with van der Waals surface area (Å²) in [7, 11) is 0. The van der Waals surface area contributed by atoms with Gasteiger partial charge < -0.3 is 19.7 Å². The largest absolute Gasteiger partial charge is 0.456 e. The molecule has 0 amide bonds. The summed E-state index contributed by atoms with van der Waals surface area (Å²) in [5, 5.41) is 19.7. The first-order valence-electron chi connectivity index (χ1n) is 9.85. The Bertz CT molecular complexity index is 670. The average molecular weight is 389 g/mol. The molecule has 1 saturated heterocycles. The van der Waals surface area contributed by atoms with Crippen molar-refractivity contribution >= 4 is 5.97 Å². The molecule has 1 unspecified atom stereocenters. The molecule has 2 bridgehead atoms. The van der Waals surface area contributed by atoms with E-state index in [0.29, 0.717) is 12.8 Å². The quantitative estimate of drug-likeness (QED) is 0.531. The summed E-state index contributed by atoms with van der Waals surface area (Å²) in [4.78, 5) is 12.0. The molecule has 0 aliphatic carbocycles. The molecule has 0 saturated carbocycles. The van der Waals surface area contributed by atoms with Crippen LogP contribution in [-0.2, 0) is 14.3 Å². The highest BCUT2D eigenvalue weighted by Gasteiger charge is 2.23. The number of carbonyl (C=O) groups excluding carboxylic acids is 1. The van der Waals surface area contributed by atoms with Gasteiger partial charge in [0.05, 0.1) is 24.9 Å². The number of allylic oxidation sites excluding steroid dienone is 2. The van der Waals surface area contributed by atoms with Gasteiger partial charge >= 0.3 is 5.97 Å². The molecule has 5 heteroatoms. The lowest BCUT2D eigenvalue weighted by atomic mass is 9.95. The minimum Gasteiger partial charge on any atom is -0.456 e. The van der Waals surface area contributed by atoms with Crippen LogP contribution in [0.25, 0.3) is 0 Å². The van der Waals surface area contributed by atoms with E-state index in [9.17, 15) is 15.0 Å². The Morgan fingerprint density at radius 1 is 1.18 bits per heavy atom. The van der Waals surface area contributed by atoms with Crippen molar-refractivity contribution in [1.82, 2.24) is 0 Å². The van der Waals surface area contributed by atoms with Gasteiger partial charge in [-0.25, -0.2) is 4.79 Å². The van der Waals surface area contributed by atoms with Crippen LogP contribution >= 0.6 is 0 Å². The number of ether oxygens (including phenoxy) is 2. The molecule has 0 radical (unpaired) electrons. The smallest absolute Gasteiger partial charge is 0.331 e. The third-order valence-electron chi connectivity index (χ3n) is 4.78. The van der Waals surface area contributed by atoms with Crippen molar-refractivity contribution in [2.45, 2.75) is 70.4 Å². The van der Waals surface area contributed by atoms with E-state index < -0.39 is 18.2 Å². The lowest BCUT2D eigenvalue weighted by molar-refractivity contribution is -0.144. The highest BCUT2D eigenvalue weighted by Crippen LogP contribution is 2.27. The molecule has 2 aliphatic heterocycles. The van der Waals surface area contributed by atoms with Crippen molar-refractivity contribution < 1.29 is 24.5 Å². The first kappa shape index (κ1) is 22.3. The van der Waals surface area contributed by atoms with Gasteiger partial charge in [0.15, 0.2) is 0 Å². The van der Waals surface area contributed by atoms with Crippen LogP contribution in [0, 0.1) is 0 Å². The number of hydrogen-bond donors (Lipinski definition) is 2. The van der Waals surface area contributed by atoms with E-state index in [-0.39, 0.29) is 18.8 Å². The van der Waals surface area contributed by atoms with Gasteiger partial charge in [0, 0.05) is 12.5 Å². The van der Waals surface area contributed by atoms with Crippen molar-refractivity contribution in [2.24, 2.45) is 0 Å². The Morgan fingerprint density at radius 2 is 1.96 bits per heavy atom. The zero-order valence-electron chi connectivity index (χ0n) is 16.8. The first-order valence-corrected chi connectivity index (χ1v) is 9.85. The van der Waals surface area contributed by atoms with Crippen molar-refractivity contribution in [3.63, 3.8) is 0 Å². The third kappa shape index (κ3) is 7.97. The van der Waals surface area contributed by atoms with Gasteiger partial charge in [0.2, 0.25) is 0 Å². The second-order valence-electron chi connectivity index (χ2n) is 7.72. The zero-order valence-corrected chi connectivity index (χ0v) is 16.8. The summed E-state index contributed by atoms with van der Waals surface area (Å²) < 4.78 is 11.5. The van der Waals surface area contributed by atoms with Crippen LogP contribution in [0.3, 0.4) is 0 Å². The highest BCUT2D eigenvalue weighted by molar-refractivity contribution is 5.82. The molecule has 0 spiro atoms. The number of cyclic esters (lactones) is 1. The minimum atomic E-state index is -0.593. The number of esters is 1. The van der Waals surface area contributed by atoms with Crippen molar-refractivity contribution in [3.05, 3.63) is 59.8 Å². The lowest BCUT2D eigenvalue weighted by Crippen LogP contribution is -2.28. The Kier molecular flexibility index (Phi) is 8.90. The zero-order chi connectivity index (χ0) is 20.5. The molecule has 0 aromatic rings. The van der Waals surface area contributed by atoms with Gasteiger partial charge in [0.1, 0.15) is 6.10 Å². The highest BCUT2D eigenvalue weighted by atomic mass is 16.5. The Labute approximate surface area is 167 Å². The van der Waals surface area contributed by atoms with Gasteiger partial charge in [-0.3, -0.25) is 0 Å². The fourth-order valence-corrected chi connectivity index (χ4v) is 3.51. The van der Waals surface area contributed by atoms with E-state index in [0.717, 1.165) is 36.0 Å². The molecule has 1 fully saturated rings. The molecule has 2 aliphatic rings. The molecule has 154 valence electrons. The maximum absolute atomic E-state index is 12.0. The summed E-state index contributed by atoms with van der Waals surface area (Å²) in [5.74, 6) is -0.500. The predicted molar refractivity (Wildman–Crippen MR) is 110 cm³/mol. The molecule has 5 nitrogen and oxygen atoms in total. The van der Waals surface area contributed by atoms with E-state index in [1.165, 1.54) is 6.08 Å². The predicted octanol–water partition coefficient (Wildman–Crippen LogP) is 3.54. The summed E-state index contributed by atoms with van der Waals surface area (Å²) in [6.07, 6.45) is 12.5. The molecule has 2 rings (SSSR count). The summed E-state index contributed by atoms with van der Waals surface area (Å²) in [6.45, 7) is 7.74. The van der Waals surface area contributed by atoms with E-state index in [1.54, 1.807) is 18.2 Å². The van der Waals surface area contributed by atoms with Crippen LogP contribution in [-0.4, -0.2) is 47.2 Å². The van der Waals surface area contributed by atoms with Gasteiger partial charge in [-0.1, -0.05) is 53.7 Å². The van der Waals surface area contributed by atoms with E-state index in [1.807, 2.05) is 26.0 Å². The van der Waals surface area contributed by atoms with Crippen LogP contribution in [0.1, 0.15) is 46.0 Å². The Morgan fingerprint density at radius 3 is 2.71 bits per heavy atom. The molecule has 28 heavy (non-hydrogen) atoms. The summed E-state index contributed by atoms with van der Waals surface area (Å²) >= 11 is 0. The minimum absolute atomic E-state index is 0.0312. The molecule has 0 aromatic heterocycles. The number of hydrogen-bond acceptors (Lipinski definition) is 5. The van der Waals surface area contributed by atoms with E-state index in [4.69, 9.17) is 9.47 Å². The SMILES string of the molecule is C=C1C[C@@H]2C/C=C/C(O)C/C(C)=C\C=C\C(=O)O[C@H](CO)C/C(C)=C/[C@H](C1)O2. The number of carbonyl (C=O) groups is 1. The molecule has 0 aromatic carbocycles. The van der Waals surface area contributed by atoms with Gasteiger partial charge in [0.25, 0.3) is 0 Å².